The molecule has 26 heavy (non-hydrogen) atoms. The Labute approximate surface area is 157 Å². The largest absolute Gasteiger partial charge is 0.507 e. The lowest BCUT2D eigenvalue weighted by molar-refractivity contribution is 0.458. The molecule has 2 aromatic carbocycles. The maximum absolute atomic E-state index is 12.3. The Kier molecular flexibility index (Phi) is 5.02. The van der Waals surface area contributed by atoms with Gasteiger partial charge in [0.05, 0.1) is 10.9 Å². The first-order chi connectivity index (χ1) is 12.7. The van der Waals surface area contributed by atoms with E-state index in [4.69, 9.17) is 4.42 Å². The minimum absolute atomic E-state index is 0.0298. The normalized spacial score (nSPS) is 15.4. The molecular weight excluding hydrogens is 344 g/mol. The first kappa shape index (κ1) is 17.2. The van der Waals surface area contributed by atoms with Crippen molar-refractivity contribution in [3.05, 3.63) is 70.1 Å². The summed E-state index contributed by atoms with van der Waals surface area (Å²) in [4.78, 5) is 13.6. The quantitative estimate of drug-likeness (QED) is 0.618. The van der Waals surface area contributed by atoms with Gasteiger partial charge < -0.3 is 9.52 Å². The second kappa shape index (κ2) is 7.58. The predicted molar refractivity (Wildman–Crippen MR) is 106 cm³/mol. The van der Waals surface area contributed by atoms with Crippen LogP contribution in [0.1, 0.15) is 43.2 Å². The van der Waals surface area contributed by atoms with E-state index in [2.05, 4.69) is 12.1 Å². The average molecular weight is 366 g/mol. The van der Waals surface area contributed by atoms with Crippen molar-refractivity contribution in [2.45, 2.75) is 48.7 Å². The Morgan fingerprint density at radius 3 is 2.69 bits per heavy atom. The Hall–Kier alpha value is -2.20. The minimum Gasteiger partial charge on any atom is -0.507 e. The summed E-state index contributed by atoms with van der Waals surface area (Å²) < 4.78 is 5.38. The van der Waals surface area contributed by atoms with Crippen molar-refractivity contribution in [2.24, 2.45) is 0 Å². The molecule has 0 atom stereocenters. The first-order valence-corrected chi connectivity index (χ1v) is 10.1. The lowest BCUT2D eigenvalue weighted by atomic mass is 10.0. The van der Waals surface area contributed by atoms with E-state index < -0.39 is 5.63 Å². The molecule has 1 N–H and O–H groups in total. The summed E-state index contributed by atoms with van der Waals surface area (Å²) in [5, 5.41) is 11.8. The lowest BCUT2D eigenvalue weighted by Gasteiger charge is -2.21. The molecule has 3 nitrogen and oxygen atoms in total. The fourth-order valence-corrected chi connectivity index (χ4v) is 4.97. The Bertz CT molecular complexity index is 971. The molecule has 1 aliphatic rings. The summed E-state index contributed by atoms with van der Waals surface area (Å²) in [5.74, 6) is 0.0298. The van der Waals surface area contributed by atoms with Gasteiger partial charge in [-0.1, -0.05) is 43.5 Å². The van der Waals surface area contributed by atoms with Gasteiger partial charge in [-0.3, -0.25) is 0 Å². The van der Waals surface area contributed by atoms with Crippen LogP contribution in [-0.2, 0) is 6.42 Å². The molecule has 0 radical (unpaired) electrons. The van der Waals surface area contributed by atoms with Crippen molar-refractivity contribution in [1.29, 1.82) is 0 Å². The van der Waals surface area contributed by atoms with Crippen LogP contribution in [0.25, 0.3) is 11.0 Å². The summed E-state index contributed by atoms with van der Waals surface area (Å²) >= 11 is 1.94. The molecule has 134 valence electrons. The van der Waals surface area contributed by atoms with Crippen LogP contribution in [0.3, 0.4) is 0 Å². The maximum atomic E-state index is 12.3. The summed E-state index contributed by atoms with van der Waals surface area (Å²) in [7, 11) is 0. The first-order valence-electron chi connectivity index (χ1n) is 9.20. The predicted octanol–water partition coefficient (Wildman–Crippen LogP) is 5.51. The van der Waals surface area contributed by atoms with Crippen molar-refractivity contribution in [3.63, 3.8) is 0 Å². The number of benzene rings is 2. The van der Waals surface area contributed by atoms with Crippen LogP contribution in [0.5, 0.6) is 5.75 Å². The van der Waals surface area contributed by atoms with Gasteiger partial charge in [-0.15, -0.1) is 11.8 Å². The number of rotatable bonds is 4. The van der Waals surface area contributed by atoms with Crippen LogP contribution in [0.2, 0.25) is 0 Å². The third-order valence-electron chi connectivity index (χ3n) is 5.01. The van der Waals surface area contributed by atoms with Crippen molar-refractivity contribution in [3.8, 4) is 5.75 Å². The zero-order valence-corrected chi connectivity index (χ0v) is 15.4. The molecule has 4 rings (SSSR count). The van der Waals surface area contributed by atoms with Crippen molar-refractivity contribution < 1.29 is 9.52 Å². The molecule has 1 aromatic heterocycles. The van der Waals surface area contributed by atoms with Gasteiger partial charge in [-0.2, -0.15) is 0 Å². The van der Waals surface area contributed by atoms with E-state index in [9.17, 15) is 9.90 Å². The van der Waals surface area contributed by atoms with Crippen molar-refractivity contribution in [1.82, 2.24) is 0 Å². The van der Waals surface area contributed by atoms with Crippen molar-refractivity contribution in [2.75, 3.05) is 0 Å². The van der Waals surface area contributed by atoms with E-state index in [1.165, 1.54) is 37.0 Å². The number of para-hydroxylation sites is 1. The van der Waals surface area contributed by atoms with Gasteiger partial charge >= 0.3 is 5.63 Å². The third kappa shape index (κ3) is 3.65. The van der Waals surface area contributed by atoms with Gasteiger partial charge in [0.1, 0.15) is 11.3 Å². The fraction of sp³-hybridized carbons (Fsp3) is 0.318. The van der Waals surface area contributed by atoms with Crippen molar-refractivity contribution >= 4 is 22.7 Å². The van der Waals surface area contributed by atoms with Crippen LogP contribution in [0.15, 0.2) is 62.6 Å². The van der Waals surface area contributed by atoms with Crippen LogP contribution in [0, 0.1) is 0 Å². The van der Waals surface area contributed by atoms with Gasteiger partial charge in [-0.05, 0) is 42.7 Å². The molecule has 0 saturated heterocycles. The standard InChI is InChI=1S/C22H22O3S/c23-21-18-11-4-5-12-20(18)25-22(24)19(21)14-15-7-6-10-17(13-15)26-16-8-2-1-3-9-16/h4-7,10-13,16,23H,1-3,8-9,14H2. The van der Waals surface area contributed by atoms with Gasteiger partial charge in [0.2, 0.25) is 0 Å². The molecule has 1 heterocycles. The summed E-state index contributed by atoms with van der Waals surface area (Å²) in [6, 6.07) is 15.4. The summed E-state index contributed by atoms with van der Waals surface area (Å²) in [6.45, 7) is 0. The van der Waals surface area contributed by atoms with Crippen LogP contribution >= 0.6 is 11.8 Å². The molecule has 4 heteroatoms. The number of hydrogen-bond acceptors (Lipinski definition) is 4. The molecule has 1 saturated carbocycles. The Balaban J connectivity index is 1.60. The monoisotopic (exact) mass is 366 g/mol. The lowest BCUT2D eigenvalue weighted by Crippen LogP contribution is -2.09. The van der Waals surface area contributed by atoms with Crippen LogP contribution in [0.4, 0.5) is 0 Å². The zero-order chi connectivity index (χ0) is 17.9. The Morgan fingerprint density at radius 2 is 1.85 bits per heavy atom. The minimum atomic E-state index is -0.466. The highest BCUT2D eigenvalue weighted by molar-refractivity contribution is 8.00. The van der Waals surface area contributed by atoms with E-state index in [0.29, 0.717) is 28.2 Å². The van der Waals surface area contributed by atoms with E-state index in [-0.39, 0.29) is 5.75 Å². The molecule has 1 aliphatic carbocycles. The Morgan fingerprint density at radius 1 is 1.04 bits per heavy atom. The number of fused-ring (bicyclic) bond motifs is 1. The van der Waals surface area contributed by atoms with Gasteiger partial charge in [0.25, 0.3) is 0 Å². The highest BCUT2D eigenvalue weighted by atomic mass is 32.2. The molecule has 0 bridgehead atoms. The smallest absolute Gasteiger partial charge is 0.343 e. The molecule has 0 unspecified atom stereocenters. The molecular formula is C22H22O3S. The second-order valence-electron chi connectivity index (χ2n) is 6.91. The van der Waals surface area contributed by atoms with E-state index >= 15 is 0 Å². The number of thioether (sulfide) groups is 1. The molecule has 1 fully saturated rings. The molecule has 0 spiro atoms. The zero-order valence-electron chi connectivity index (χ0n) is 14.6. The van der Waals surface area contributed by atoms with E-state index in [1.54, 1.807) is 18.2 Å². The van der Waals surface area contributed by atoms with E-state index in [1.807, 2.05) is 30.0 Å². The third-order valence-corrected chi connectivity index (χ3v) is 6.34. The van der Waals surface area contributed by atoms with Crippen LogP contribution in [-0.4, -0.2) is 10.4 Å². The van der Waals surface area contributed by atoms with Gasteiger partial charge in [0.15, 0.2) is 0 Å². The fourth-order valence-electron chi connectivity index (χ4n) is 3.64. The van der Waals surface area contributed by atoms with Gasteiger partial charge in [0, 0.05) is 16.6 Å². The van der Waals surface area contributed by atoms with Crippen LogP contribution < -0.4 is 5.63 Å². The maximum Gasteiger partial charge on any atom is 0.343 e. The van der Waals surface area contributed by atoms with E-state index in [0.717, 1.165) is 5.56 Å². The highest BCUT2D eigenvalue weighted by Gasteiger charge is 2.16. The topological polar surface area (TPSA) is 50.4 Å². The molecule has 0 amide bonds. The highest BCUT2D eigenvalue weighted by Crippen LogP contribution is 2.34. The van der Waals surface area contributed by atoms with Gasteiger partial charge in [-0.25, -0.2) is 4.79 Å². The average Bonchev–Trinajstić information content (AvgIpc) is 2.66. The summed E-state index contributed by atoms with van der Waals surface area (Å²) in [5.41, 5.74) is 1.29. The number of aromatic hydroxyl groups is 1. The molecule has 3 aromatic rings. The SMILES string of the molecule is O=c1oc2ccccc2c(O)c1Cc1cccc(SC2CCCCC2)c1. The summed E-state index contributed by atoms with van der Waals surface area (Å²) in [6.07, 6.45) is 6.94. The number of hydrogen-bond donors (Lipinski definition) is 1. The second-order valence-corrected chi connectivity index (χ2v) is 8.29. The molecule has 0 aliphatic heterocycles.